The van der Waals surface area contributed by atoms with Gasteiger partial charge in [-0.15, -0.1) is 11.3 Å². The van der Waals surface area contributed by atoms with Crippen molar-refractivity contribution in [2.45, 2.75) is 94.0 Å². The molecule has 3 fully saturated rings. The molecule has 4 heterocycles. The topological polar surface area (TPSA) is 127 Å². The molecule has 1 unspecified atom stereocenters. The van der Waals surface area contributed by atoms with E-state index in [1.54, 1.807) is 4.90 Å². The zero-order valence-corrected chi connectivity index (χ0v) is 27.4. The predicted octanol–water partition coefficient (Wildman–Crippen LogP) is 5.96. The van der Waals surface area contributed by atoms with E-state index in [1.807, 2.05) is 23.1 Å². The van der Waals surface area contributed by atoms with Crippen LogP contribution in [0.4, 0.5) is 8.78 Å². The maximum atomic E-state index is 14.3. The number of carbonyl (C=O) groups is 3. The molecule has 13 heteroatoms. The highest BCUT2D eigenvalue weighted by atomic mass is 32.1. The Hall–Kier alpha value is -3.18. The largest absolute Gasteiger partial charge is 0.399 e. The molecular formula is C33H38F2N3O6PS. The van der Waals surface area contributed by atoms with E-state index in [4.69, 9.17) is 9.79 Å². The predicted molar refractivity (Wildman–Crippen MR) is 171 cm³/mol. The minimum atomic E-state index is -5.75. The molecule has 3 aliphatic rings. The monoisotopic (exact) mass is 673 g/mol. The number of thiophene rings is 1. The number of halogens is 2. The van der Waals surface area contributed by atoms with Crippen LogP contribution in [0.3, 0.4) is 0 Å². The van der Waals surface area contributed by atoms with Gasteiger partial charge in [0.2, 0.25) is 11.8 Å². The first-order chi connectivity index (χ1) is 21.7. The Balaban J connectivity index is 1.20. The third-order valence-corrected chi connectivity index (χ3v) is 11.9. The molecule has 3 N–H and O–H groups in total. The quantitative estimate of drug-likeness (QED) is 0.278. The van der Waals surface area contributed by atoms with E-state index in [0.717, 1.165) is 55.6 Å². The number of hydrogen-bond acceptors (Lipinski definition) is 5. The van der Waals surface area contributed by atoms with Crippen molar-refractivity contribution in [3.8, 4) is 0 Å². The molecule has 2 aromatic carbocycles. The molecule has 9 nitrogen and oxygen atoms in total. The van der Waals surface area contributed by atoms with Crippen LogP contribution in [0.5, 0.6) is 0 Å². The number of likely N-dealkylation sites (tertiary alicyclic amines) is 1. The second-order valence-corrected chi connectivity index (χ2v) is 16.1. The summed E-state index contributed by atoms with van der Waals surface area (Å²) in [5, 5.41) is 3.09. The Morgan fingerprint density at radius 1 is 1.02 bits per heavy atom. The van der Waals surface area contributed by atoms with Crippen LogP contribution in [-0.2, 0) is 19.8 Å². The van der Waals surface area contributed by atoms with Gasteiger partial charge in [0.25, 0.3) is 5.91 Å². The lowest BCUT2D eigenvalue weighted by atomic mass is 9.91. The minimum Gasteiger partial charge on any atom is -0.340 e. The standard InChI is InChI=1S/C33H38F2N3O6PS/c1-32(2)18-22(20-8-4-3-5-9-20)19-37(32)31(41)26-14-13-24-10-6-7-11-25(30(40)38(24)26)36-29(39)28-17-21-16-23(12-15-27(21)46-28)33(34,35)45(42,43)44/h3-5,8-9,12,15-17,22,24-26H,6-7,10-11,13-14,18-19H2,1-2H3,(H,36,39)(H2,42,43,44)/t22?,24-,25-,26-/m0/s1. The van der Waals surface area contributed by atoms with Crippen LogP contribution < -0.4 is 5.32 Å². The number of rotatable bonds is 6. The summed E-state index contributed by atoms with van der Waals surface area (Å²) in [4.78, 5) is 63.8. The first kappa shape index (κ1) is 32.7. The first-order valence-corrected chi connectivity index (χ1v) is 18.1. The molecule has 0 radical (unpaired) electrons. The Kier molecular flexibility index (Phi) is 8.63. The smallest absolute Gasteiger partial charge is 0.340 e. The maximum absolute atomic E-state index is 14.3. The number of nitrogens with one attached hydrogen (secondary N) is 1. The number of benzene rings is 2. The SMILES string of the molecule is CC1(C)CC(c2ccccc2)CN1C(=O)[C@@H]1CC[C@@H]2CCCC[C@H](NC(=O)c3cc4cc(C(F)(F)P(=O)(O)O)ccc4s3)C(=O)N21. The molecule has 246 valence electrons. The van der Waals surface area contributed by atoms with E-state index < -0.39 is 36.8 Å². The van der Waals surface area contributed by atoms with Crippen LogP contribution in [0.15, 0.2) is 54.6 Å². The highest BCUT2D eigenvalue weighted by Crippen LogP contribution is 2.59. The molecule has 46 heavy (non-hydrogen) atoms. The summed E-state index contributed by atoms with van der Waals surface area (Å²) in [5.41, 5.74) is -4.41. The normalized spacial score (nSPS) is 25.3. The van der Waals surface area contributed by atoms with E-state index in [2.05, 4.69) is 31.3 Å². The summed E-state index contributed by atoms with van der Waals surface area (Å²) in [6.07, 6.45) is 4.89. The van der Waals surface area contributed by atoms with E-state index >= 15 is 0 Å². The van der Waals surface area contributed by atoms with Gasteiger partial charge in [0.1, 0.15) is 12.1 Å². The maximum Gasteiger partial charge on any atom is 0.399 e. The molecule has 3 aliphatic heterocycles. The van der Waals surface area contributed by atoms with Gasteiger partial charge >= 0.3 is 13.3 Å². The van der Waals surface area contributed by atoms with Gasteiger partial charge in [-0.3, -0.25) is 18.9 Å². The average Bonchev–Trinajstić information content (AvgIpc) is 3.71. The van der Waals surface area contributed by atoms with Crippen molar-refractivity contribution >= 4 is 46.7 Å². The van der Waals surface area contributed by atoms with Gasteiger partial charge in [-0.25, -0.2) is 0 Å². The number of hydrogen-bond donors (Lipinski definition) is 3. The zero-order valence-electron chi connectivity index (χ0n) is 25.7. The molecule has 3 saturated heterocycles. The lowest BCUT2D eigenvalue weighted by Gasteiger charge is -2.39. The van der Waals surface area contributed by atoms with Crippen molar-refractivity contribution in [2.24, 2.45) is 0 Å². The molecule has 3 aromatic rings. The van der Waals surface area contributed by atoms with Crippen molar-refractivity contribution in [1.29, 1.82) is 0 Å². The molecule has 6 rings (SSSR count). The van der Waals surface area contributed by atoms with Gasteiger partial charge in [-0.05, 0) is 75.1 Å². The minimum absolute atomic E-state index is 0.0580. The average molecular weight is 674 g/mol. The van der Waals surface area contributed by atoms with Crippen LogP contribution in [0.1, 0.15) is 85.5 Å². The molecule has 0 saturated carbocycles. The summed E-state index contributed by atoms with van der Waals surface area (Å²) in [5.74, 6) is -0.686. The first-order valence-electron chi connectivity index (χ1n) is 15.6. The van der Waals surface area contributed by atoms with Gasteiger partial charge in [-0.2, -0.15) is 8.78 Å². The van der Waals surface area contributed by atoms with Gasteiger partial charge in [0, 0.05) is 34.3 Å². The lowest BCUT2D eigenvalue weighted by Crippen LogP contribution is -2.58. The number of amides is 3. The van der Waals surface area contributed by atoms with Gasteiger partial charge in [0.05, 0.1) is 4.88 Å². The van der Waals surface area contributed by atoms with Crippen molar-refractivity contribution < 1.29 is 37.5 Å². The summed E-state index contributed by atoms with van der Waals surface area (Å²) in [7, 11) is -5.75. The fraction of sp³-hybridized carbons (Fsp3) is 0.485. The van der Waals surface area contributed by atoms with E-state index in [-0.39, 0.29) is 39.6 Å². The fourth-order valence-electron chi connectivity index (χ4n) is 7.41. The van der Waals surface area contributed by atoms with E-state index in [9.17, 15) is 27.7 Å². The Labute approximate surface area is 270 Å². The number of fused-ring (bicyclic) bond motifs is 2. The number of alkyl halides is 2. The third-order valence-electron chi connectivity index (χ3n) is 9.80. The molecular weight excluding hydrogens is 635 g/mol. The summed E-state index contributed by atoms with van der Waals surface area (Å²) in [6.45, 7) is 4.72. The van der Waals surface area contributed by atoms with E-state index in [1.165, 1.54) is 17.7 Å². The van der Waals surface area contributed by atoms with Crippen LogP contribution in [0.25, 0.3) is 10.1 Å². The van der Waals surface area contributed by atoms with Gasteiger partial charge in [0.15, 0.2) is 0 Å². The van der Waals surface area contributed by atoms with Crippen molar-refractivity contribution in [3.63, 3.8) is 0 Å². The Bertz CT molecular complexity index is 1710. The van der Waals surface area contributed by atoms with Crippen LogP contribution in [0, 0.1) is 0 Å². The molecule has 0 bridgehead atoms. The second kappa shape index (κ2) is 12.1. The zero-order chi connectivity index (χ0) is 33.0. The Morgan fingerprint density at radius 3 is 2.46 bits per heavy atom. The molecule has 0 aliphatic carbocycles. The Morgan fingerprint density at radius 2 is 1.74 bits per heavy atom. The number of carbonyl (C=O) groups excluding carboxylic acids is 3. The molecule has 0 spiro atoms. The summed E-state index contributed by atoms with van der Waals surface area (Å²) in [6, 6.07) is 13.2. The third kappa shape index (κ3) is 6.01. The van der Waals surface area contributed by atoms with Crippen molar-refractivity contribution in [2.75, 3.05) is 6.54 Å². The highest BCUT2D eigenvalue weighted by molar-refractivity contribution is 7.52. The van der Waals surface area contributed by atoms with Crippen LogP contribution in [-0.4, -0.2) is 67.5 Å². The van der Waals surface area contributed by atoms with Gasteiger partial charge in [-0.1, -0.05) is 49.2 Å². The van der Waals surface area contributed by atoms with Crippen LogP contribution in [0.2, 0.25) is 0 Å². The van der Waals surface area contributed by atoms with Gasteiger partial charge < -0.3 is 24.9 Å². The summed E-state index contributed by atoms with van der Waals surface area (Å²) < 4.78 is 40.4. The fourth-order valence-corrected chi connectivity index (χ4v) is 8.83. The number of nitrogens with zero attached hydrogens (tertiary/aromatic N) is 2. The lowest BCUT2D eigenvalue weighted by molar-refractivity contribution is -0.149. The molecule has 3 amide bonds. The van der Waals surface area contributed by atoms with Crippen molar-refractivity contribution in [3.05, 3.63) is 70.6 Å². The van der Waals surface area contributed by atoms with E-state index in [0.29, 0.717) is 24.1 Å². The summed E-state index contributed by atoms with van der Waals surface area (Å²) >= 11 is 1.03. The highest BCUT2D eigenvalue weighted by Gasteiger charge is 2.51. The molecule has 1 aromatic heterocycles. The van der Waals surface area contributed by atoms with Crippen molar-refractivity contribution in [1.82, 2.24) is 15.1 Å². The second-order valence-electron chi connectivity index (χ2n) is 13.3. The van der Waals surface area contributed by atoms with Crippen LogP contribution >= 0.6 is 18.9 Å². The molecule has 4 atom stereocenters.